The Morgan fingerprint density at radius 2 is 2.12 bits per heavy atom. The topological polar surface area (TPSA) is 59.8 Å². The lowest BCUT2D eigenvalue weighted by Crippen LogP contribution is -2.37. The number of rotatable bonds is 2. The summed E-state index contributed by atoms with van der Waals surface area (Å²) in [7, 11) is 0. The van der Waals surface area contributed by atoms with Crippen LogP contribution in [0.25, 0.3) is 0 Å². The van der Waals surface area contributed by atoms with Crippen LogP contribution >= 0.6 is 0 Å². The van der Waals surface area contributed by atoms with Crippen LogP contribution in [-0.4, -0.2) is 20.7 Å². The first-order chi connectivity index (χ1) is 7.89. The normalized spacial score (nSPS) is 16.7. The molecule has 1 N–H and O–H groups in total. The number of carbonyl (C=O) groups is 1. The molecule has 94 valence electrons. The molecule has 2 heterocycles. The Bertz CT molecular complexity index is 430. The third-order valence-electron chi connectivity index (χ3n) is 3.05. The van der Waals surface area contributed by atoms with Gasteiger partial charge in [-0.15, -0.1) is 10.2 Å². The predicted molar refractivity (Wildman–Crippen MR) is 64.4 cm³/mol. The first kappa shape index (κ1) is 12.1. The molecule has 0 aliphatic carbocycles. The molecule has 5 nitrogen and oxygen atoms in total. The molecule has 1 atom stereocenters. The third-order valence-corrected chi connectivity index (χ3v) is 3.05. The summed E-state index contributed by atoms with van der Waals surface area (Å²) in [6, 6.07) is -0.0823. The second kappa shape index (κ2) is 4.13. The van der Waals surface area contributed by atoms with E-state index in [1.54, 1.807) is 0 Å². The van der Waals surface area contributed by atoms with E-state index in [4.69, 9.17) is 0 Å². The molecule has 1 unspecified atom stereocenters. The lowest BCUT2D eigenvalue weighted by atomic mass is 9.95. The second-order valence-corrected chi connectivity index (χ2v) is 5.67. The molecule has 0 aromatic carbocycles. The molecular weight excluding hydrogens is 216 g/mol. The van der Waals surface area contributed by atoms with Gasteiger partial charge in [0.1, 0.15) is 5.82 Å². The predicted octanol–water partition coefficient (Wildman–Crippen LogP) is 1.45. The van der Waals surface area contributed by atoms with Crippen molar-refractivity contribution in [2.24, 2.45) is 5.41 Å². The molecule has 0 radical (unpaired) electrons. The van der Waals surface area contributed by atoms with Gasteiger partial charge in [-0.25, -0.2) is 0 Å². The van der Waals surface area contributed by atoms with Crippen LogP contribution in [0.1, 0.15) is 51.8 Å². The third kappa shape index (κ3) is 2.33. The molecule has 1 aromatic rings. The summed E-state index contributed by atoms with van der Waals surface area (Å²) in [5, 5.41) is 11.3. The fraction of sp³-hybridized carbons (Fsp3) is 0.750. The smallest absolute Gasteiger partial charge is 0.225 e. The maximum Gasteiger partial charge on any atom is 0.225 e. The van der Waals surface area contributed by atoms with E-state index in [0.29, 0.717) is 0 Å². The van der Waals surface area contributed by atoms with Gasteiger partial charge in [0.2, 0.25) is 5.91 Å². The monoisotopic (exact) mass is 236 g/mol. The van der Waals surface area contributed by atoms with Gasteiger partial charge in [-0.05, 0) is 13.3 Å². The van der Waals surface area contributed by atoms with Crippen LogP contribution in [0.15, 0.2) is 0 Å². The minimum Gasteiger partial charge on any atom is -0.346 e. The molecule has 1 amide bonds. The number of aromatic nitrogens is 3. The lowest BCUT2D eigenvalue weighted by molar-refractivity contribution is -0.129. The van der Waals surface area contributed by atoms with Crippen molar-refractivity contribution >= 4 is 5.91 Å². The summed E-state index contributed by atoms with van der Waals surface area (Å²) in [5.41, 5.74) is -0.373. The maximum atomic E-state index is 11.9. The van der Waals surface area contributed by atoms with E-state index in [-0.39, 0.29) is 17.4 Å². The van der Waals surface area contributed by atoms with Crippen molar-refractivity contribution in [3.63, 3.8) is 0 Å². The standard InChI is InChI=1S/C12H20N4O/c1-8(13-11(17)12(2,3)4)10-15-14-9-6-5-7-16(9)10/h8H,5-7H2,1-4H3,(H,13,17). The zero-order valence-electron chi connectivity index (χ0n) is 10.9. The Labute approximate surface area is 102 Å². The van der Waals surface area contributed by atoms with Crippen molar-refractivity contribution in [1.82, 2.24) is 20.1 Å². The first-order valence-corrected chi connectivity index (χ1v) is 6.12. The fourth-order valence-electron chi connectivity index (χ4n) is 1.97. The highest BCUT2D eigenvalue weighted by atomic mass is 16.2. The van der Waals surface area contributed by atoms with Gasteiger partial charge in [-0.1, -0.05) is 20.8 Å². The largest absolute Gasteiger partial charge is 0.346 e. The van der Waals surface area contributed by atoms with Crippen molar-refractivity contribution in [1.29, 1.82) is 0 Å². The van der Waals surface area contributed by atoms with E-state index >= 15 is 0 Å². The number of nitrogens with zero attached hydrogens (tertiary/aromatic N) is 3. The van der Waals surface area contributed by atoms with Crippen LogP contribution < -0.4 is 5.32 Å². The molecule has 1 aromatic heterocycles. The van der Waals surface area contributed by atoms with Crippen LogP contribution in [0.3, 0.4) is 0 Å². The van der Waals surface area contributed by atoms with E-state index < -0.39 is 0 Å². The zero-order chi connectivity index (χ0) is 12.6. The summed E-state index contributed by atoms with van der Waals surface area (Å²) in [5.74, 6) is 1.95. The van der Waals surface area contributed by atoms with Gasteiger partial charge in [0.25, 0.3) is 0 Å². The number of hydrogen-bond acceptors (Lipinski definition) is 3. The van der Waals surface area contributed by atoms with Gasteiger partial charge >= 0.3 is 0 Å². The van der Waals surface area contributed by atoms with Crippen molar-refractivity contribution in [3.05, 3.63) is 11.6 Å². The molecule has 0 bridgehead atoms. The van der Waals surface area contributed by atoms with E-state index in [1.807, 2.05) is 27.7 Å². The van der Waals surface area contributed by atoms with Crippen molar-refractivity contribution in [2.45, 2.75) is 53.1 Å². The van der Waals surface area contributed by atoms with Gasteiger partial charge in [-0.2, -0.15) is 0 Å². The minimum atomic E-state index is -0.373. The molecule has 17 heavy (non-hydrogen) atoms. The molecule has 2 rings (SSSR count). The molecule has 5 heteroatoms. The molecule has 0 fully saturated rings. The highest BCUT2D eigenvalue weighted by Gasteiger charge is 2.26. The summed E-state index contributed by atoms with van der Waals surface area (Å²) in [6.07, 6.45) is 2.12. The highest BCUT2D eigenvalue weighted by Crippen LogP contribution is 2.20. The van der Waals surface area contributed by atoms with Crippen LogP contribution in [0.4, 0.5) is 0 Å². The number of amides is 1. The summed E-state index contributed by atoms with van der Waals surface area (Å²) in [6.45, 7) is 8.64. The Balaban J connectivity index is 2.10. The average molecular weight is 236 g/mol. The van der Waals surface area contributed by atoms with Gasteiger partial charge in [0.15, 0.2) is 5.82 Å². The zero-order valence-corrected chi connectivity index (χ0v) is 10.9. The number of aryl methyl sites for hydroxylation is 1. The Hall–Kier alpha value is -1.39. The van der Waals surface area contributed by atoms with E-state index in [1.165, 1.54) is 0 Å². The van der Waals surface area contributed by atoms with E-state index in [0.717, 1.165) is 31.0 Å². The fourth-order valence-corrected chi connectivity index (χ4v) is 1.97. The average Bonchev–Trinajstić information content (AvgIpc) is 2.75. The Morgan fingerprint density at radius 1 is 1.41 bits per heavy atom. The van der Waals surface area contributed by atoms with Crippen LogP contribution in [0.2, 0.25) is 0 Å². The quantitative estimate of drug-likeness (QED) is 0.845. The maximum absolute atomic E-state index is 11.9. The van der Waals surface area contributed by atoms with Gasteiger partial charge in [0.05, 0.1) is 6.04 Å². The van der Waals surface area contributed by atoms with E-state index in [9.17, 15) is 4.79 Å². The molecule has 0 spiro atoms. The molecule has 0 saturated carbocycles. The number of carbonyl (C=O) groups excluding carboxylic acids is 1. The van der Waals surface area contributed by atoms with E-state index in [2.05, 4.69) is 20.1 Å². The van der Waals surface area contributed by atoms with Gasteiger partial charge in [-0.3, -0.25) is 4.79 Å². The van der Waals surface area contributed by atoms with Crippen molar-refractivity contribution in [2.75, 3.05) is 0 Å². The molecular formula is C12H20N4O. The Kier molecular flexibility index (Phi) is 2.93. The number of fused-ring (bicyclic) bond motifs is 1. The number of hydrogen-bond donors (Lipinski definition) is 1. The first-order valence-electron chi connectivity index (χ1n) is 6.12. The SMILES string of the molecule is CC(NC(=O)C(C)(C)C)c1nnc2n1CCC2. The summed E-state index contributed by atoms with van der Waals surface area (Å²) in [4.78, 5) is 11.9. The van der Waals surface area contributed by atoms with Crippen LogP contribution in [0, 0.1) is 5.41 Å². The van der Waals surface area contributed by atoms with Crippen LogP contribution in [-0.2, 0) is 17.8 Å². The molecule has 1 aliphatic rings. The second-order valence-electron chi connectivity index (χ2n) is 5.67. The minimum absolute atomic E-state index is 0.0420. The Morgan fingerprint density at radius 3 is 2.76 bits per heavy atom. The van der Waals surface area contributed by atoms with Crippen molar-refractivity contribution < 1.29 is 4.79 Å². The van der Waals surface area contributed by atoms with Gasteiger partial charge < -0.3 is 9.88 Å². The highest BCUT2D eigenvalue weighted by molar-refractivity contribution is 5.81. The van der Waals surface area contributed by atoms with Crippen LogP contribution in [0.5, 0.6) is 0 Å². The number of nitrogens with one attached hydrogen (secondary N) is 1. The summed E-state index contributed by atoms with van der Waals surface area (Å²) < 4.78 is 2.12. The van der Waals surface area contributed by atoms with Gasteiger partial charge in [0, 0.05) is 18.4 Å². The lowest BCUT2D eigenvalue weighted by Gasteiger charge is -2.21. The molecule has 1 aliphatic heterocycles. The summed E-state index contributed by atoms with van der Waals surface area (Å²) >= 11 is 0. The molecule has 0 saturated heterocycles. The van der Waals surface area contributed by atoms with Crippen molar-refractivity contribution in [3.8, 4) is 0 Å².